The Kier molecular flexibility index (Phi) is 2.28. The van der Waals surface area contributed by atoms with Gasteiger partial charge < -0.3 is 9.64 Å². The number of rotatable bonds is 0. The van der Waals surface area contributed by atoms with Crippen LogP contribution in [0, 0.1) is 0 Å². The Hall–Kier alpha value is -1.22. The summed E-state index contributed by atoms with van der Waals surface area (Å²) in [6.45, 7) is 1.42. The zero-order chi connectivity index (χ0) is 11.1. The summed E-state index contributed by atoms with van der Waals surface area (Å²) >= 11 is 5.89. The molecule has 1 atom stereocenters. The molecule has 2 aliphatic rings. The fourth-order valence-electron chi connectivity index (χ4n) is 2.41. The van der Waals surface area contributed by atoms with Gasteiger partial charge in [0.15, 0.2) is 0 Å². The zero-order valence-corrected chi connectivity index (χ0v) is 9.54. The highest BCUT2D eigenvalue weighted by Gasteiger charge is 2.34. The molecular weight excluding hydrogens is 226 g/mol. The molecule has 84 valence electrons. The lowest BCUT2D eigenvalue weighted by Gasteiger charge is -2.20. The number of hydrogen-bond acceptors (Lipinski definition) is 2. The second-order valence-electron chi connectivity index (χ2n) is 4.25. The summed E-state index contributed by atoms with van der Waals surface area (Å²) in [5, 5.41) is 0.605. The molecule has 3 nitrogen and oxygen atoms in total. The van der Waals surface area contributed by atoms with E-state index in [0.29, 0.717) is 22.9 Å². The van der Waals surface area contributed by atoms with Crippen molar-refractivity contribution in [2.45, 2.75) is 18.9 Å². The van der Waals surface area contributed by atoms with Gasteiger partial charge in [-0.05, 0) is 31.0 Å². The highest BCUT2D eigenvalue weighted by molar-refractivity contribution is 6.30. The first-order valence-corrected chi connectivity index (χ1v) is 5.87. The molecule has 2 heterocycles. The summed E-state index contributed by atoms with van der Waals surface area (Å²) in [4.78, 5) is 14.1. The van der Waals surface area contributed by atoms with Crippen molar-refractivity contribution >= 4 is 17.5 Å². The minimum atomic E-state index is 0.0756. The second-order valence-corrected chi connectivity index (χ2v) is 4.68. The minimum Gasteiger partial charge on any atom is -0.491 e. The molecule has 1 fully saturated rings. The van der Waals surface area contributed by atoms with Crippen LogP contribution in [0.25, 0.3) is 0 Å². The Balaban J connectivity index is 2.05. The topological polar surface area (TPSA) is 29.5 Å². The van der Waals surface area contributed by atoms with Crippen molar-refractivity contribution in [3.63, 3.8) is 0 Å². The second kappa shape index (κ2) is 3.67. The Bertz CT molecular complexity index is 447. The van der Waals surface area contributed by atoms with E-state index in [0.717, 1.165) is 19.4 Å². The molecule has 0 bridgehead atoms. The molecule has 0 aromatic heterocycles. The van der Waals surface area contributed by atoms with Crippen molar-refractivity contribution in [3.8, 4) is 5.75 Å². The Morgan fingerprint density at radius 3 is 3.19 bits per heavy atom. The molecule has 1 amide bonds. The number of hydrogen-bond donors (Lipinski definition) is 0. The van der Waals surface area contributed by atoms with E-state index < -0.39 is 0 Å². The van der Waals surface area contributed by atoms with Gasteiger partial charge in [-0.3, -0.25) is 4.79 Å². The normalized spacial score (nSPS) is 23.4. The lowest BCUT2D eigenvalue weighted by atomic mass is 10.2. The van der Waals surface area contributed by atoms with Crippen LogP contribution in [0.1, 0.15) is 23.2 Å². The first-order valence-electron chi connectivity index (χ1n) is 5.49. The van der Waals surface area contributed by atoms with E-state index >= 15 is 0 Å². The van der Waals surface area contributed by atoms with E-state index in [2.05, 4.69) is 0 Å². The van der Waals surface area contributed by atoms with Gasteiger partial charge in [-0.25, -0.2) is 0 Å². The third kappa shape index (κ3) is 1.47. The Morgan fingerprint density at radius 1 is 1.44 bits per heavy atom. The number of benzene rings is 1. The van der Waals surface area contributed by atoms with Gasteiger partial charge in [-0.15, -0.1) is 0 Å². The fourth-order valence-corrected chi connectivity index (χ4v) is 2.57. The molecule has 0 N–H and O–H groups in total. The van der Waals surface area contributed by atoms with Crippen molar-refractivity contribution in [2.75, 3.05) is 13.2 Å². The minimum absolute atomic E-state index is 0.0756. The Morgan fingerprint density at radius 2 is 2.31 bits per heavy atom. The van der Waals surface area contributed by atoms with E-state index in [4.69, 9.17) is 16.3 Å². The van der Waals surface area contributed by atoms with Crippen LogP contribution in [-0.4, -0.2) is 30.0 Å². The monoisotopic (exact) mass is 237 g/mol. The highest BCUT2D eigenvalue weighted by Crippen LogP contribution is 2.31. The van der Waals surface area contributed by atoms with Gasteiger partial charge in [0.1, 0.15) is 12.4 Å². The molecule has 0 unspecified atom stereocenters. The summed E-state index contributed by atoms with van der Waals surface area (Å²) in [6.07, 6.45) is 2.11. The fraction of sp³-hybridized carbons (Fsp3) is 0.417. The largest absolute Gasteiger partial charge is 0.491 e. The van der Waals surface area contributed by atoms with Gasteiger partial charge in [0, 0.05) is 11.6 Å². The number of carbonyl (C=O) groups excluding carboxylic acids is 1. The first kappa shape index (κ1) is 9.97. The molecule has 0 saturated carbocycles. The quantitative estimate of drug-likeness (QED) is 0.693. The van der Waals surface area contributed by atoms with E-state index in [1.54, 1.807) is 18.2 Å². The van der Waals surface area contributed by atoms with Crippen LogP contribution >= 0.6 is 11.6 Å². The van der Waals surface area contributed by atoms with Gasteiger partial charge in [0.2, 0.25) is 0 Å². The number of halogens is 1. The van der Waals surface area contributed by atoms with Crippen LogP contribution in [-0.2, 0) is 0 Å². The molecule has 0 spiro atoms. The molecular formula is C12H12ClNO2. The van der Waals surface area contributed by atoms with Crippen molar-refractivity contribution in [3.05, 3.63) is 28.8 Å². The highest BCUT2D eigenvalue weighted by atomic mass is 35.5. The third-order valence-electron chi connectivity index (χ3n) is 3.24. The SMILES string of the molecule is O=C1c2ccc(Cl)cc2OC[C@@H]2CCCN12. The van der Waals surface area contributed by atoms with E-state index in [9.17, 15) is 4.79 Å². The average Bonchev–Trinajstić information content (AvgIpc) is 2.69. The van der Waals surface area contributed by atoms with Crippen molar-refractivity contribution in [1.82, 2.24) is 4.90 Å². The van der Waals surface area contributed by atoms with Gasteiger partial charge in [-0.2, -0.15) is 0 Å². The van der Waals surface area contributed by atoms with E-state index in [1.165, 1.54) is 0 Å². The molecule has 16 heavy (non-hydrogen) atoms. The molecule has 4 heteroatoms. The maximum atomic E-state index is 12.2. The third-order valence-corrected chi connectivity index (χ3v) is 3.48. The number of carbonyl (C=O) groups is 1. The van der Waals surface area contributed by atoms with Gasteiger partial charge >= 0.3 is 0 Å². The summed E-state index contributed by atoms with van der Waals surface area (Å²) < 4.78 is 5.67. The van der Waals surface area contributed by atoms with Crippen LogP contribution in [0.15, 0.2) is 18.2 Å². The van der Waals surface area contributed by atoms with E-state index in [-0.39, 0.29) is 11.9 Å². The van der Waals surface area contributed by atoms with Gasteiger partial charge in [0.05, 0.1) is 11.6 Å². The lowest BCUT2D eigenvalue weighted by Crippen LogP contribution is -2.36. The molecule has 2 aliphatic heterocycles. The molecule has 0 radical (unpaired) electrons. The zero-order valence-electron chi connectivity index (χ0n) is 8.78. The van der Waals surface area contributed by atoms with Crippen LogP contribution in [0.5, 0.6) is 5.75 Å². The van der Waals surface area contributed by atoms with Crippen molar-refractivity contribution < 1.29 is 9.53 Å². The van der Waals surface area contributed by atoms with Crippen LogP contribution in [0.4, 0.5) is 0 Å². The maximum Gasteiger partial charge on any atom is 0.257 e. The molecule has 3 rings (SSSR count). The van der Waals surface area contributed by atoms with E-state index in [1.807, 2.05) is 4.90 Å². The molecule has 1 aromatic rings. The average molecular weight is 238 g/mol. The van der Waals surface area contributed by atoms with Crippen molar-refractivity contribution in [1.29, 1.82) is 0 Å². The van der Waals surface area contributed by atoms with Crippen LogP contribution in [0.3, 0.4) is 0 Å². The molecule has 1 saturated heterocycles. The predicted octanol–water partition coefficient (Wildman–Crippen LogP) is 2.34. The molecule has 0 aliphatic carbocycles. The summed E-state index contributed by atoms with van der Waals surface area (Å²) in [5.74, 6) is 0.693. The smallest absolute Gasteiger partial charge is 0.257 e. The lowest BCUT2D eigenvalue weighted by molar-refractivity contribution is 0.0726. The standard InChI is InChI=1S/C12H12ClNO2/c13-8-3-4-10-11(6-8)16-7-9-2-1-5-14(9)12(10)15/h3-4,6,9H,1-2,5,7H2/t9-/m0/s1. The van der Waals surface area contributed by atoms with Crippen molar-refractivity contribution in [2.24, 2.45) is 0 Å². The van der Waals surface area contributed by atoms with Gasteiger partial charge in [-0.1, -0.05) is 11.6 Å². The number of fused-ring (bicyclic) bond motifs is 2. The summed E-state index contributed by atoms with van der Waals surface area (Å²) in [6, 6.07) is 5.44. The maximum absolute atomic E-state index is 12.2. The summed E-state index contributed by atoms with van der Waals surface area (Å²) in [7, 11) is 0. The number of amides is 1. The van der Waals surface area contributed by atoms with Crippen LogP contribution in [0.2, 0.25) is 5.02 Å². The first-order chi connectivity index (χ1) is 7.75. The van der Waals surface area contributed by atoms with Crippen LogP contribution < -0.4 is 4.74 Å². The van der Waals surface area contributed by atoms with Gasteiger partial charge in [0.25, 0.3) is 5.91 Å². The Labute approximate surface area is 98.9 Å². The number of nitrogens with zero attached hydrogens (tertiary/aromatic N) is 1. The summed E-state index contributed by atoms with van der Waals surface area (Å²) in [5.41, 5.74) is 0.633. The molecule has 1 aromatic carbocycles. The number of ether oxygens (including phenoxy) is 1. The predicted molar refractivity (Wildman–Crippen MR) is 61.0 cm³/mol.